The molecular formula is C20H23NO3S. The Kier molecular flexibility index (Phi) is 7.07. The molecule has 0 bridgehead atoms. The third-order valence-electron chi connectivity index (χ3n) is 3.78. The summed E-state index contributed by atoms with van der Waals surface area (Å²) < 4.78 is 5.04. The molecule has 1 N–H and O–H groups in total. The zero-order chi connectivity index (χ0) is 18.2. The predicted octanol–water partition coefficient (Wildman–Crippen LogP) is 3.56. The molecule has 0 aromatic heterocycles. The lowest BCUT2D eigenvalue weighted by Crippen LogP contribution is -2.28. The molecule has 0 radical (unpaired) electrons. The Labute approximate surface area is 153 Å². The fourth-order valence-electron chi connectivity index (χ4n) is 2.34. The second-order valence-corrected chi connectivity index (χ2v) is 6.94. The van der Waals surface area contributed by atoms with Crippen molar-refractivity contribution in [1.82, 2.24) is 5.32 Å². The van der Waals surface area contributed by atoms with Gasteiger partial charge >= 0.3 is 5.97 Å². The van der Waals surface area contributed by atoms with Crippen molar-refractivity contribution in [3.05, 3.63) is 64.7 Å². The number of benzene rings is 2. The maximum Gasteiger partial charge on any atom is 0.316 e. The van der Waals surface area contributed by atoms with Crippen LogP contribution in [0, 0.1) is 20.8 Å². The van der Waals surface area contributed by atoms with Gasteiger partial charge < -0.3 is 10.1 Å². The molecule has 0 aliphatic rings. The van der Waals surface area contributed by atoms with Crippen LogP contribution in [-0.2, 0) is 20.9 Å². The minimum absolute atomic E-state index is 0.189. The molecule has 25 heavy (non-hydrogen) atoms. The Morgan fingerprint density at radius 1 is 1.04 bits per heavy atom. The van der Waals surface area contributed by atoms with Gasteiger partial charge in [0.1, 0.15) is 0 Å². The van der Waals surface area contributed by atoms with E-state index in [9.17, 15) is 9.59 Å². The van der Waals surface area contributed by atoms with Gasteiger partial charge in [0.05, 0.1) is 5.75 Å². The molecule has 0 spiro atoms. The lowest BCUT2D eigenvalue weighted by Gasteiger charge is -2.09. The van der Waals surface area contributed by atoms with Gasteiger partial charge in [-0.3, -0.25) is 9.59 Å². The molecular weight excluding hydrogens is 334 g/mol. The molecule has 1 amide bonds. The number of carbonyl (C=O) groups is 2. The third kappa shape index (κ3) is 6.27. The van der Waals surface area contributed by atoms with Crippen molar-refractivity contribution in [3.8, 4) is 0 Å². The van der Waals surface area contributed by atoms with Crippen molar-refractivity contribution in [2.75, 3.05) is 12.4 Å². The Morgan fingerprint density at radius 2 is 1.80 bits per heavy atom. The number of hydrogen-bond acceptors (Lipinski definition) is 4. The first-order valence-corrected chi connectivity index (χ1v) is 9.11. The molecule has 4 nitrogen and oxygen atoms in total. The van der Waals surface area contributed by atoms with E-state index < -0.39 is 5.97 Å². The van der Waals surface area contributed by atoms with Crippen molar-refractivity contribution in [2.45, 2.75) is 32.2 Å². The molecule has 0 atom stereocenters. The summed E-state index contributed by atoms with van der Waals surface area (Å²) in [5.41, 5.74) is 4.49. The van der Waals surface area contributed by atoms with Crippen molar-refractivity contribution in [2.24, 2.45) is 0 Å². The van der Waals surface area contributed by atoms with E-state index in [-0.39, 0.29) is 18.3 Å². The molecule has 132 valence electrons. The molecule has 0 saturated heterocycles. The number of rotatable bonds is 7. The lowest BCUT2D eigenvalue weighted by molar-refractivity contribution is -0.145. The minimum atomic E-state index is -0.393. The number of amides is 1. The summed E-state index contributed by atoms with van der Waals surface area (Å²) in [5, 5.41) is 2.76. The molecule has 0 aliphatic carbocycles. The maximum absolute atomic E-state index is 11.8. The van der Waals surface area contributed by atoms with Gasteiger partial charge in [0, 0.05) is 11.4 Å². The lowest BCUT2D eigenvalue weighted by atomic mass is 10.1. The van der Waals surface area contributed by atoms with Crippen LogP contribution < -0.4 is 5.32 Å². The van der Waals surface area contributed by atoms with Gasteiger partial charge in [-0.1, -0.05) is 42.0 Å². The van der Waals surface area contributed by atoms with Gasteiger partial charge in [-0.2, -0.15) is 0 Å². The van der Waals surface area contributed by atoms with Crippen LogP contribution in [0.15, 0.2) is 47.4 Å². The number of aryl methyl sites for hydroxylation is 3. The fourth-order valence-corrected chi connectivity index (χ4v) is 3.15. The summed E-state index contributed by atoms with van der Waals surface area (Å²) in [5.74, 6) is -0.501. The minimum Gasteiger partial charge on any atom is -0.455 e. The average Bonchev–Trinajstić information content (AvgIpc) is 2.58. The molecule has 0 fully saturated rings. The molecule has 0 saturated carbocycles. The smallest absolute Gasteiger partial charge is 0.316 e. The topological polar surface area (TPSA) is 55.4 Å². The molecule has 2 aromatic carbocycles. The maximum atomic E-state index is 11.8. The SMILES string of the molecule is Cc1ccc(SCC(=O)OCC(=O)NCc2ccccc2C)c(C)c1. The summed E-state index contributed by atoms with van der Waals surface area (Å²) in [4.78, 5) is 24.7. The van der Waals surface area contributed by atoms with Gasteiger partial charge in [-0.25, -0.2) is 0 Å². The van der Waals surface area contributed by atoms with E-state index in [4.69, 9.17) is 4.74 Å². The molecule has 5 heteroatoms. The van der Waals surface area contributed by atoms with Crippen molar-refractivity contribution in [3.63, 3.8) is 0 Å². The van der Waals surface area contributed by atoms with Crippen molar-refractivity contribution >= 4 is 23.6 Å². The largest absolute Gasteiger partial charge is 0.455 e. The number of nitrogens with one attached hydrogen (secondary N) is 1. The first-order valence-electron chi connectivity index (χ1n) is 8.12. The van der Waals surface area contributed by atoms with Crippen LogP contribution >= 0.6 is 11.8 Å². The Bertz CT molecular complexity index is 758. The predicted molar refractivity (Wildman–Crippen MR) is 101 cm³/mol. The van der Waals surface area contributed by atoms with Crippen molar-refractivity contribution < 1.29 is 14.3 Å². The van der Waals surface area contributed by atoms with Gasteiger partial charge in [0.25, 0.3) is 5.91 Å². The van der Waals surface area contributed by atoms with E-state index in [1.54, 1.807) is 0 Å². The van der Waals surface area contributed by atoms with E-state index in [2.05, 4.69) is 11.4 Å². The summed E-state index contributed by atoms with van der Waals surface area (Å²) in [6, 6.07) is 13.9. The van der Waals surface area contributed by atoms with Crippen LogP contribution in [-0.4, -0.2) is 24.2 Å². The fraction of sp³-hybridized carbons (Fsp3) is 0.300. The highest BCUT2D eigenvalue weighted by Crippen LogP contribution is 2.23. The van der Waals surface area contributed by atoms with Gasteiger partial charge in [-0.15, -0.1) is 11.8 Å². The van der Waals surface area contributed by atoms with Gasteiger partial charge in [-0.05, 0) is 43.5 Å². The summed E-state index contributed by atoms with van der Waals surface area (Å²) in [7, 11) is 0. The van der Waals surface area contributed by atoms with Crippen LogP contribution in [0.3, 0.4) is 0 Å². The van der Waals surface area contributed by atoms with E-state index in [1.807, 2.05) is 57.2 Å². The van der Waals surface area contributed by atoms with Crippen LogP contribution in [0.5, 0.6) is 0 Å². The molecule has 0 unspecified atom stereocenters. The first-order chi connectivity index (χ1) is 12.0. The van der Waals surface area contributed by atoms with Crippen LogP contribution in [0.1, 0.15) is 22.3 Å². The number of esters is 1. The molecule has 2 aromatic rings. The Hall–Kier alpha value is -2.27. The van der Waals surface area contributed by atoms with Crippen molar-refractivity contribution in [1.29, 1.82) is 0 Å². The average molecular weight is 357 g/mol. The summed E-state index contributed by atoms with van der Waals surface area (Å²) >= 11 is 1.42. The number of ether oxygens (including phenoxy) is 1. The van der Waals surface area contributed by atoms with E-state index in [0.29, 0.717) is 6.54 Å². The monoisotopic (exact) mass is 357 g/mol. The van der Waals surface area contributed by atoms with Crippen LogP contribution in [0.2, 0.25) is 0 Å². The van der Waals surface area contributed by atoms with E-state index in [1.165, 1.54) is 17.3 Å². The van der Waals surface area contributed by atoms with Gasteiger partial charge in [0.2, 0.25) is 0 Å². The zero-order valence-corrected chi connectivity index (χ0v) is 15.6. The van der Waals surface area contributed by atoms with E-state index >= 15 is 0 Å². The summed E-state index contributed by atoms with van der Waals surface area (Å²) in [6.07, 6.45) is 0. The third-order valence-corrected chi connectivity index (χ3v) is 4.93. The number of hydrogen-bond donors (Lipinski definition) is 1. The van der Waals surface area contributed by atoms with Crippen LogP contribution in [0.25, 0.3) is 0 Å². The normalized spacial score (nSPS) is 10.4. The molecule has 0 aliphatic heterocycles. The zero-order valence-electron chi connectivity index (χ0n) is 14.8. The Balaban J connectivity index is 1.70. The first kappa shape index (κ1) is 19.1. The highest BCUT2D eigenvalue weighted by Gasteiger charge is 2.09. The molecule has 2 rings (SSSR count). The van der Waals surface area contributed by atoms with Gasteiger partial charge in [0.15, 0.2) is 6.61 Å². The highest BCUT2D eigenvalue weighted by atomic mass is 32.2. The van der Waals surface area contributed by atoms with Crippen LogP contribution in [0.4, 0.5) is 0 Å². The molecule has 0 heterocycles. The number of carbonyl (C=O) groups excluding carboxylic acids is 2. The summed E-state index contributed by atoms with van der Waals surface area (Å²) in [6.45, 7) is 6.22. The number of thioether (sulfide) groups is 1. The second-order valence-electron chi connectivity index (χ2n) is 5.92. The van der Waals surface area contributed by atoms with E-state index in [0.717, 1.165) is 21.6 Å². The highest BCUT2D eigenvalue weighted by molar-refractivity contribution is 8.00. The quantitative estimate of drug-likeness (QED) is 0.608. The Morgan fingerprint density at radius 3 is 2.52 bits per heavy atom. The second kappa shape index (κ2) is 9.28. The standard InChI is InChI=1S/C20H23NO3S/c1-14-8-9-18(16(3)10-14)25-13-20(23)24-12-19(22)21-11-17-7-5-4-6-15(17)2/h4-10H,11-13H2,1-3H3,(H,21,22).